The maximum absolute atomic E-state index is 12.6. The first-order chi connectivity index (χ1) is 15.8. The molecule has 0 bridgehead atoms. The van der Waals surface area contributed by atoms with Gasteiger partial charge < -0.3 is 24.4 Å². The molecular weight excluding hydrogens is 430 g/mol. The molecule has 9 nitrogen and oxygen atoms in total. The van der Waals surface area contributed by atoms with Crippen molar-refractivity contribution in [3.63, 3.8) is 0 Å². The molecule has 0 unspecified atom stereocenters. The number of aliphatic carboxylic acids is 1. The van der Waals surface area contributed by atoms with Crippen molar-refractivity contribution in [2.45, 2.75) is 32.0 Å². The number of amides is 2. The number of rotatable bonds is 11. The smallest absolute Gasteiger partial charge is 0.414 e. The van der Waals surface area contributed by atoms with Crippen molar-refractivity contribution in [2.24, 2.45) is 0 Å². The van der Waals surface area contributed by atoms with Crippen LogP contribution in [0.1, 0.15) is 41.8 Å². The number of carboxylic acid groups (broad SMARTS) is 1. The van der Waals surface area contributed by atoms with Gasteiger partial charge >= 0.3 is 12.1 Å². The number of methoxy groups -OCH3 is 1. The molecular formula is C24H27NO8. The molecule has 9 heteroatoms. The molecule has 3 N–H and O–H groups in total. The zero-order valence-electron chi connectivity index (χ0n) is 18.4. The summed E-state index contributed by atoms with van der Waals surface area (Å²) in [6, 6.07) is 12.7. The van der Waals surface area contributed by atoms with Crippen molar-refractivity contribution >= 4 is 18.0 Å². The fourth-order valence-electron chi connectivity index (χ4n) is 3.12. The molecule has 0 aromatic heterocycles. The number of carbonyl (C=O) groups excluding carboxylic acids is 2. The van der Waals surface area contributed by atoms with Crippen molar-refractivity contribution in [3.8, 4) is 11.5 Å². The number of hydrogen-bond donors (Lipinski definition) is 3. The van der Waals surface area contributed by atoms with Crippen LogP contribution in [0, 0.1) is 0 Å². The number of benzene rings is 2. The molecule has 2 rings (SSSR count). The molecule has 0 spiro atoms. The van der Waals surface area contributed by atoms with Crippen molar-refractivity contribution in [2.75, 3.05) is 13.7 Å². The largest absolute Gasteiger partial charge is 0.504 e. The van der Waals surface area contributed by atoms with E-state index in [-0.39, 0.29) is 17.1 Å². The molecule has 0 aliphatic heterocycles. The number of phenols is 1. The van der Waals surface area contributed by atoms with E-state index in [4.69, 9.17) is 19.3 Å². The highest BCUT2D eigenvalue weighted by atomic mass is 16.6. The molecule has 176 valence electrons. The first kappa shape index (κ1) is 25.4. The van der Waals surface area contributed by atoms with Crippen LogP contribution in [0.3, 0.4) is 0 Å². The Balaban J connectivity index is 2.26. The molecule has 2 aromatic rings. The van der Waals surface area contributed by atoms with Gasteiger partial charge in [0.15, 0.2) is 17.6 Å². The van der Waals surface area contributed by atoms with Crippen LogP contribution in [0.2, 0.25) is 0 Å². The highest BCUT2D eigenvalue weighted by Gasteiger charge is 2.29. The van der Waals surface area contributed by atoms with E-state index >= 15 is 0 Å². The highest BCUT2D eigenvalue weighted by molar-refractivity contribution is 6.02. The Bertz CT molecular complexity index is 974. The van der Waals surface area contributed by atoms with Gasteiger partial charge in [-0.25, -0.2) is 9.59 Å². The number of nitrogens with one attached hydrogen (secondary N) is 1. The molecule has 2 amide bonds. The second kappa shape index (κ2) is 12.9. The molecule has 0 heterocycles. The van der Waals surface area contributed by atoms with E-state index in [1.54, 1.807) is 43.3 Å². The number of carbonyl (C=O) groups is 3. The quantitative estimate of drug-likeness (QED) is 0.434. The maximum atomic E-state index is 12.6. The van der Waals surface area contributed by atoms with Crippen LogP contribution in [-0.4, -0.2) is 48.0 Å². The zero-order chi connectivity index (χ0) is 24.2. The van der Waals surface area contributed by atoms with Gasteiger partial charge in [0.25, 0.3) is 5.91 Å². The number of imide groups is 1. The SMILES string of the molecule is CCO[C@H](CC/C=C/C(=O)O)[C@H](OC(=O)NC(=O)c1ccccc1)c1ccc(OC)c(O)c1. The summed E-state index contributed by atoms with van der Waals surface area (Å²) in [5.41, 5.74) is 0.699. The predicted octanol–water partition coefficient (Wildman–Crippen LogP) is 3.83. The van der Waals surface area contributed by atoms with Gasteiger partial charge in [0.2, 0.25) is 0 Å². The Morgan fingerprint density at radius 2 is 1.85 bits per heavy atom. The lowest BCUT2D eigenvalue weighted by Crippen LogP contribution is -2.35. The summed E-state index contributed by atoms with van der Waals surface area (Å²) >= 11 is 0. The minimum absolute atomic E-state index is 0.162. The molecule has 0 aliphatic rings. The predicted molar refractivity (Wildman–Crippen MR) is 119 cm³/mol. The van der Waals surface area contributed by atoms with Crippen LogP contribution in [0.4, 0.5) is 4.79 Å². The molecule has 0 saturated carbocycles. The van der Waals surface area contributed by atoms with Gasteiger partial charge in [-0.2, -0.15) is 0 Å². The monoisotopic (exact) mass is 457 g/mol. The van der Waals surface area contributed by atoms with Gasteiger partial charge in [-0.1, -0.05) is 30.3 Å². The average Bonchev–Trinajstić information content (AvgIpc) is 2.80. The first-order valence-corrected chi connectivity index (χ1v) is 10.3. The summed E-state index contributed by atoms with van der Waals surface area (Å²) in [5, 5.41) is 21.2. The average molecular weight is 457 g/mol. The number of allylic oxidation sites excluding steroid dienone is 1. The summed E-state index contributed by atoms with van der Waals surface area (Å²) in [7, 11) is 1.41. The van der Waals surface area contributed by atoms with Crippen LogP contribution < -0.4 is 10.1 Å². The highest BCUT2D eigenvalue weighted by Crippen LogP contribution is 2.33. The van der Waals surface area contributed by atoms with Crippen LogP contribution in [0.5, 0.6) is 11.5 Å². The third-order valence-corrected chi connectivity index (χ3v) is 4.61. The standard InChI is InChI=1S/C24H27NO8/c1-3-32-20(11-7-8-12-21(27)28)22(17-13-14-19(31-2)18(26)15-17)33-24(30)25-23(29)16-9-5-4-6-10-16/h4-6,8-10,12-15,20,22,26H,3,7,11H2,1-2H3,(H,27,28)(H,25,29,30)/b12-8+/t20-,22-/m1/s1. The summed E-state index contributed by atoms with van der Waals surface area (Å²) in [4.78, 5) is 35.6. The lowest BCUT2D eigenvalue weighted by atomic mass is 9.99. The maximum Gasteiger partial charge on any atom is 0.414 e. The van der Waals surface area contributed by atoms with Crippen molar-refractivity contribution in [1.82, 2.24) is 5.32 Å². The fraction of sp³-hybridized carbons (Fsp3) is 0.292. The number of hydrogen-bond acceptors (Lipinski definition) is 7. The van der Waals surface area contributed by atoms with E-state index in [9.17, 15) is 19.5 Å². The van der Waals surface area contributed by atoms with E-state index < -0.39 is 30.2 Å². The second-order valence-corrected chi connectivity index (χ2v) is 6.89. The summed E-state index contributed by atoms with van der Waals surface area (Å²) in [6.45, 7) is 2.06. The Morgan fingerprint density at radius 1 is 1.12 bits per heavy atom. The number of phenolic OH excluding ortho intramolecular Hbond substituents is 1. The normalized spacial score (nSPS) is 12.7. The Morgan fingerprint density at radius 3 is 2.45 bits per heavy atom. The van der Waals surface area contributed by atoms with E-state index in [1.807, 2.05) is 0 Å². The van der Waals surface area contributed by atoms with Crippen molar-refractivity contribution in [3.05, 3.63) is 71.8 Å². The van der Waals surface area contributed by atoms with Crippen LogP contribution in [0.15, 0.2) is 60.7 Å². The fourth-order valence-corrected chi connectivity index (χ4v) is 3.12. The Kier molecular flexibility index (Phi) is 9.91. The van der Waals surface area contributed by atoms with E-state index in [1.165, 1.54) is 25.3 Å². The van der Waals surface area contributed by atoms with Crippen molar-refractivity contribution in [1.29, 1.82) is 0 Å². The van der Waals surface area contributed by atoms with Gasteiger partial charge in [0.1, 0.15) is 0 Å². The third kappa shape index (κ3) is 7.97. The van der Waals surface area contributed by atoms with Crippen molar-refractivity contribution < 1.29 is 38.8 Å². The van der Waals surface area contributed by atoms with Gasteiger partial charge in [0.05, 0.1) is 13.2 Å². The van der Waals surface area contributed by atoms with E-state index in [0.717, 1.165) is 6.08 Å². The lowest BCUT2D eigenvalue weighted by molar-refractivity contribution is -0.131. The molecule has 2 atom stereocenters. The first-order valence-electron chi connectivity index (χ1n) is 10.3. The number of ether oxygens (including phenoxy) is 3. The second-order valence-electron chi connectivity index (χ2n) is 6.89. The van der Waals surface area contributed by atoms with Crippen LogP contribution >= 0.6 is 0 Å². The summed E-state index contributed by atoms with van der Waals surface area (Å²) < 4.78 is 16.4. The molecule has 2 aromatic carbocycles. The summed E-state index contributed by atoms with van der Waals surface area (Å²) in [6.07, 6.45) is 0.467. The number of aromatic hydroxyl groups is 1. The van der Waals surface area contributed by atoms with Crippen LogP contribution in [0.25, 0.3) is 0 Å². The molecule has 0 fully saturated rings. The minimum Gasteiger partial charge on any atom is -0.504 e. The molecule has 33 heavy (non-hydrogen) atoms. The molecule has 0 saturated heterocycles. The van der Waals surface area contributed by atoms with E-state index in [2.05, 4.69) is 5.32 Å². The topological polar surface area (TPSA) is 131 Å². The molecule has 0 radical (unpaired) electrons. The lowest BCUT2D eigenvalue weighted by Gasteiger charge is -2.27. The Hall–Kier alpha value is -3.85. The number of alkyl carbamates (subject to hydrolysis) is 1. The zero-order valence-corrected chi connectivity index (χ0v) is 18.4. The Labute approximate surface area is 191 Å². The van der Waals surface area contributed by atoms with Gasteiger partial charge in [-0.05, 0) is 49.6 Å². The van der Waals surface area contributed by atoms with Gasteiger partial charge in [0, 0.05) is 18.2 Å². The summed E-state index contributed by atoms with van der Waals surface area (Å²) in [5.74, 6) is -1.63. The number of carboxylic acids is 1. The van der Waals surface area contributed by atoms with Gasteiger partial charge in [-0.3, -0.25) is 10.1 Å². The minimum atomic E-state index is -1.07. The van der Waals surface area contributed by atoms with E-state index in [0.29, 0.717) is 25.0 Å². The van der Waals surface area contributed by atoms with Gasteiger partial charge in [-0.15, -0.1) is 0 Å². The third-order valence-electron chi connectivity index (χ3n) is 4.61. The molecule has 0 aliphatic carbocycles. The van der Waals surface area contributed by atoms with Crippen LogP contribution in [-0.2, 0) is 14.3 Å².